The van der Waals surface area contributed by atoms with E-state index < -0.39 is 0 Å². The lowest BCUT2D eigenvalue weighted by Gasteiger charge is -2.08. The van der Waals surface area contributed by atoms with Crippen molar-refractivity contribution in [3.05, 3.63) is 49.6 Å². The first-order chi connectivity index (χ1) is 8.97. The van der Waals surface area contributed by atoms with E-state index in [0.717, 1.165) is 11.1 Å². The van der Waals surface area contributed by atoms with E-state index in [4.69, 9.17) is 27.9 Å². The van der Waals surface area contributed by atoms with Gasteiger partial charge in [0.25, 0.3) is 0 Å². The predicted molar refractivity (Wildman–Crippen MR) is 80.1 cm³/mol. The topological polar surface area (TPSA) is 26.3 Å². The molecule has 0 radical (unpaired) electrons. The molecule has 2 rings (SSSR count). The Hall–Kier alpha value is -1.03. The molecule has 1 aromatic heterocycles. The molecule has 19 heavy (non-hydrogen) atoms. The first-order valence-corrected chi connectivity index (χ1v) is 7.22. The first kappa shape index (κ1) is 14.4. The molecule has 0 amide bonds. The average Bonchev–Trinajstić information content (AvgIpc) is 2.67. The van der Waals surface area contributed by atoms with Gasteiger partial charge in [-0.05, 0) is 31.5 Å². The molecule has 0 aliphatic heterocycles. The third kappa shape index (κ3) is 3.50. The fourth-order valence-corrected chi connectivity index (χ4v) is 3.21. The number of thiophene rings is 1. The summed E-state index contributed by atoms with van der Waals surface area (Å²) in [6.45, 7) is 3.91. The summed E-state index contributed by atoms with van der Waals surface area (Å²) in [5, 5.41) is 0. The van der Waals surface area contributed by atoms with Crippen LogP contribution in [-0.4, -0.2) is 12.4 Å². The molecular formula is C14H12Cl2O2S. The van der Waals surface area contributed by atoms with Crippen LogP contribution < -0.4 is 4.74 Å². The highest BCUT2D eigenvalue weighted by Gasteiger charge is 2.15. The summed E-state index contributed by atoms with van der Waals surface area (Å²) in [5.41, 5.74) is 2.58. The third-order valence-corrected chi connectivity index (χ3v) is 4.13. The lowest BCUT2D eigenvalue weighted by atomic mass is 10.1. The Morgan fingerprint density at radius 3 is 2.58 bits per heavy atom. The lowest BCUT2D eigenvalue weighted by molar-refractivity contribution is 0.0921. The molecule has 2 aromatic rings. The monoisotopic (exact) mass is 314 g/mol. The maximum atomic E-state index is 12.0. The lowest BCUT2D eigenvalue weighted by Crippen LogP contribution is -2.11. The van der Waals surface area contributed by atoms with E-state index in [-0.39, 0.29) is 12.4 Å². The SMILES string of the molecule is Cc1ccc(OCC(=O)c2cc(Cl)sc2Cl)c(C)c1. The number of hydrogen-bond acceptors (Lipinski definition) is 3. The normalized spacial score (nSPS) is 10.5. The van der Waals surface area contributed by atoms with Crippen LogP contribution in [-0.2, 0) is 0 Å². The number of carbonyl (C=O) groups excluding carboxylic acids is 1. The Labute approximate surface area is 125 Å². The van der Waals surface area contributed by atoms with Crippen molar-refractivity contribution >= 4 is 40.3 Å². The van der Waals surface area contributed by atoms with Gasteiger partial charge in [-0.25, -0.2) is 0 Å². The highest BCUT2D eigenvalue weighted by Crippen LogP contribution is 2.31. The summed E-state index contributed by atoms with van der Waals surface area (Å²) in [7, 11) is 0. The van der Waals surface area contributed by atoms with Gasteiger partial charge in [-0.3, -0.25) is 4.79 Å². The van der Waals surface area contributed by atoms with Gasteiger partial charge >= 0.3 is 0 Å². The van der Waals surface area contributed by atoms with E-state index in [1.807, 2.05) is 32.0 Å². The van der Waals surface area contributed by atoms with Gasteiger partial charge in [-0.2, -0.15) is 0 Å². The molecule has 0 fully saturated rings. The van der Waals surface area contributed by atoms with Crippen molar-refractivity contribution in [3.8, 4) is 5.75 Å². The molecule has 0 unspecified atom stereocenters. The van der Waals surface area contributed by atoms with Crippen molar-refractivity contribution in [2.24, 2.45) is 0 Å². The van der Waals surface area contributed by atoms with Gasteiger partial charge in [0, 0.05) is 0 Å². The molecule has 2 nitrogen and oxygen atoms in total. The average molecular weight is 315 g/mol. The standard InChI is InChI=1S/C14H12Cl2O2S/c1-8-3-4-12(9(2)5-8)18-7-11(17)10-6-13(15)19-14(10)16/h3-6H,7H2,1-2H3. The quantitative estimate of drug-likeness (QED) is 0.748. The Bertz CT molecular complexity index is 620. The molecule has 0 atom stereocenters. The molecule has 0 bridgehead atoms. The van der Waals surface area contributed by atoms with Crippen molar-refractivity contribution in [1.82, 2.24) is 0 Å². The van der Waals surface area contributed by atoms with Gasteiger partial charge in [0.15, 0.2) is 6.61 Å². The fraction of sp³-hybridized carbons (Fsp3) is 0.214. The molecule has 0 aliphatic rings. The third-order valence-electron chi connectivity index (χ3n) is 2.65. The maximum absolute atomic E-state index is 12.0. The van der Waals surface area contributed by atoms with E-state index in [2.05, 4.69) is 0 Å². The van der Waals surface area contributed by atoms with Crippen molar-refractivity contribution in [2.75, 3.05) is 6.61 Å². The van der Waals surface area contributed by atoms with Crippen LogP contribution in [0.4, 0.5) is 0 Å². The number of aryl methyl sites for hydroxylation is 2. The molecule has 0 saturated heterocycles. The first-order valence-electron chi connectivity index (χ1n) is 5.65. The minimum Gasteiger partial charge on any atom is -0.485 e. The fourth-order valence-electron chi connectivity index (χ4n) is 1.71. The molecule has 1 aromatic carbocycles. The zero-order valence-corrected chi connectivity index (χ0v) is 12.8. The summed E-state index contributed by atoms with van der Waals surface area (Å²) < 4.78 is 6.43. The van der Waals surface area contributed by atoms with Crippen LogP contribution in [0.25, 0.3) is 0 Å². The van der Waals surface area contributed by atoms with Crippen LogP contribution in [0.1, 0.15) is 21.5 Å². The van der Waals surface area contributed by atoms with E-state index in [0.29, 0.717) is 20.0 Å². The van der Waals surface area contributed by atoms with Crippen molar-refractivity contribution in [1.29, 1.82) is 0 Å². The second-order valence-corrected chi connectivity index (χ2v) is 6.50. The molecule has 0 saturated carbocycles. The molecule has 1 heterocycles. The van der Waals surface area contributed by atoms with Gasteiger partial charge in [0.05, 0.1) is 9.90 Å². The van der Waals surface area contributed by atoms with Crippen LogP contribution in [0, 0.1) is 13.8 Å². The van der Waals surface area contributed by atoms with Gasteiger partial charge in [0.2, 0.25) is 5.78 Å². The predicted octanol–water partition coefficient (Wildman–Crippen LogP) is 4.93. The van der Waals surface area contributed by atoms with Crippen LogP contribution in [0.5, 0.6) is 5.75 Å². The Morgan fingerprint density at radius 1 is 1.26 bits per heavy atom. The van der Waals surface area contributed by atoms with E-state index >= 15 is 0 Å². The van der Waals surface area contributed by atoms with Crippen molar-refractivity contribution in [3.63, 3.8) is 0 Å². The Balaban J connectivity index is 2.06. The minimum atomic E-state index is -0.173. The van der Waals surface area contributed by atoms with E-state index in [1.165, 1.54) is 11.3 Å². The molecule has 0 N–H and O–H groups in total. The number of carbonyl (C=O) groups is 1. The highest BCUT2D eigenvalue weighted by atomic mass is 35.5. The number of rotatable bonds is 4. The zero-order chi connectivity index (χ0) is 14.0. The summed E-state index contributed by atoms with van der Waals surface area (Å²) in [6, 6.07) is 7.39. The number of ether oxygens (including phenoxy) is 1. The molecule has 0 aliphatic carbocycles. The maximum Gasteiger partial charge on any atom is 0.202 e. The van der Waals surface area contributed by atoms with Gasteiger partial charge < -0.3 is 4.74 Å². The number of hydrogen-bond donors (Lipinski definition) is 0. The molecule has 0 spiro atoms. The summed E-state index contributed by atoms with van der Waals surface area (Å²) >= 11 is 12.9. The van der Waals surface area contributed by atoms with Crippen molar-refractivity contribution < 1.29 is 9.53 Å². The van der Waals surface area contributed by atoms with Crippen LogP contribution in [0.2, 0.25) is 8.67 Å². The number of Topliss-reactive ketones (excluding diaryl/α,β-unsaturated/α-hetero) is 1. The second kappa shape index (κ2) is 5.95. The molecule has 100 valence electrons. The Kier molecular flexibility index (Phi) is 4.50. The summed E-state index contributed by atoms with van der Waals surface area (Å²) in [4.78, 5) is 12.0. The van der Waals surface area contributed by atoms with Gasteiger partial charge in [0.1, 0.15) is 10.1 Å². The van der Waals surface area contributed by atoms with E-state index in [9.17, 15) is 4.79 Å². The van der Waals surface area contributed by atoms with Gasteiger partial charge in [-0.15, -0.1) is 11.3 Å². The Morgan fingerprint density at radius 2 is 2.00 bits per heavy atom. The highest BCUT2D eigenvalue weighted by molar-refractivity contribution is 7.20. The number of ketones is 1. The van der Waals surface area contributed by atoms with Crippen LogP contribution in [0.15, 0.2) is 24.3 Å². The summed E-state index contributed by atoms with van der Waals surface area (Å²) in [6.07, 6.45) is 0. The van der Waals surface area contributed by atoms with Crippen LogP contribution >= 0.6 is 34.5 Å². The minimum absolute atomic E-state index is 0.0450. The van der Waals surface area contributed by atoms with Crippen LogP contribution in [0.3, 0.4) is 0 Å². The smallest absolute Gasteiger partial charge is 0.202 e. The molecule has 5 heteroatoms. The number of benzene rings is 1. The summed E-state index contributed by atoms with van der Waals surface area (Å²) in [5.74, 6) is 0.532. The number of halogens is 2. The molecular weight excluding hydrogens is 303 g/mol. The largest absolute Gasteiger partial charge is 0.485 e. The second-order valence-electron chi connectivity index (χ2n) is 4.22. The van der Waals surface area contributed by atoms with Crippen molar-refractivity contribution in [2.45, 2.75) is 13.8 Å². The van der Waals surface area contributed by atoms with Gasteiger partial charge in [-0.1, -0.05) is 40.9 Å². The van der Waals surface area contributed by atoms with E-state index in [1.54, 1.807) is 6.07 Å². The zero-order valence-electron chi connectivity index (χ0n) is 10.5.